The first kappa shape index (κ1) is 12.1. The van der Waals surface area contributed by atoms with Crippen molar-refractivity contribution in [3.63, 3.8) is 0 Å². The van der Waals surface area contributed by atoms with E-state index in [2.05, 4.69) is 11.9 Å². The van der Waals surface area contributed by atoms with Crippen molar-refractivity contribution < 1.29 is 9.59 Å². The molecule has 5 heteroatoms. The Bertz CT molecular complexity index is 543. The Balaban J connectivity index is 1.95. The van der Waals surface area contributed by atoms with E-state index in [-0.39, 0.29) is 18.0 Å². The first-order chi connectivity index (χ1) is 9.08. The largest absolute Gasteiger partial charge is 0.333 e. The number of aryl methyl sites for hydroxylation is 1. The fourth-order valence-corrected chi connectivity index (χ4v) is 2.84. The number of pyridine rings is 1. The summed E-state index contributed by atoms with van der Waals surface area (Å²) in [6.45, 7) is 4.64. The number of hydrogen-bond donors (Lipinski definition) is 0. The van der Waals surface area contributed by atoms with Crippen molar-refractivity contribution in [3.8, 4) is 0 Å². The molecule has 0 aliphatic carbocycles. The summed E-state index contributed by atoms with van der Waals surface area (Å²) < 4.78 is 0. The van der Waals surface area contributed by atoms with E-state index in [0.717, 1.165) is 18.5 Å². The van der Waals surface area contributed by atoms with Crippen molar-refractivity contribution in [3.05, 3.63) is 23.9 Å². The van der Waals surface area contributed by atoms with Gasteiger partial charge in [0.25, 0.3) is 5.91 Å². The molecule has 5 nitrogen and oxygen atoms in total. The summed E-state index contributed by atoms with van der Waals surface area (Å²) in [6.07, 6.45) is 1.72. The van der Waals surface area contributed by atoms with Crippen LogP contribution in [0.4, 0.5) is 10.6 Å². The van der Waals surface area contributed by atoms with Crippen LogP contribution in [-0.4, -0.2) is 34.4 Å². The summed E-state index contributed by atoms with van der Waals surface area (Å²) in [6, 6.07) is 4.87. The number of hydrogen-bond acceptors (Lipinski definition) is 3. The van der Waals surface area contributed by atoms with Crippen LogP contribution in [-0.2, 0) is 4.79 Å². The third-order valence-corrected chi connectivity index (χ3v) is 3.91. The van der Waals surface area contributed by atoms with Gasteiger partial charge in [0.2, 0.25) is 0 Å². The predicted molar refractivity (Wildman–Crippen MR) is 70.7 cm³/mol. The van der Waals surface area contributed by atoms with E-state index in [9.17, 15) is 9.59 Å². The maximum absolute atomic E-state index is 12.4. The maximum atomic E-state index is 12.4. The molecule has 3 rings (SSSR count). The maximum Gasteiger partial charge on any atom is 0.333 e. The van der Waals surface area contributed by atoms with E-state index in [1.54, 1.807) is 11.0 Å². The van der Waals surface area contributed by atoms with Gasteiger partial charge in [-0.05, 0) is 37.8 Å². The summed E-state index contributed by atoms with van der Waals surface area (Å²) >= 11 is 0. The fourth-order valence-electron chi connectivity index (χ4n) is 2.84. The fraction of sp³-hybridized carbons (Fsp3) is 0.500. The number of urea groups is 1. The van der Waals surface area contributed by atoms with Crippen molar-refractivity contribution >= 4 is 17.8 Å². The zero-order valence-electron chi connectivity index (χ0n) is 11.2. The number of carbonyl (C=O) groups excluding carboxylic acids is 2. The molecule has 3 amide bonds. The smallest absolute Gasteiger partial charge is 0.312 e. The number of anilines is 1. The highest BCUT2D eigenvalue weighted by atomic mass is 16.2. The lowest BCUT2D eigenvalue weighted by molar-refractivity contribution is -0.120. The monoisotopic (exact) mass is 259 g/mol. The molecule has 0 radical (unpaired) electrons. The number of piperidine rings is 1. The topological polar surface area (TPSA) is 53.5 Å². The van der Waals surface area contributed by atoms with E-state index in [1.165, 1.54) is 4.90 Å². The highest BCUT2D eigenvalue weighted by molar-refractivity contribution is 6.20. The van der Waals surface area contributed by atoms with E-state index in [1.807, 2.05) is 19.1 Å². The third-order valence-electron chi connectivity index (χ3n) is 3.91. The van der Waals surface area contributed by atoms with Gasteiger partial charge in [-0.25, -0.2) is 14.7 Å². The second-order valence-corrected chi connectivity index (χ2v) is 5.43. The van der Waals surface area contributed by atoms with Crippen LogP contribution in [0.1, 0.15) is 25.5 Å². The molecule has 0 N–H and O–H groups in total. The standard InChI is InChI=1S/C14H17N3O2/c1-9-6-7-16-11(8-9)13(18)17(14(16)19)12-5-3-4-10(2)15-12/h3-5,9,11H,6-8H2,1-2H3. The number of fused-ring (bicyclic) bond motifs is 1. The minimum absolute atomic E-state index is 0.130. The molecule has 2 aliphatic heterocycles. The number of imide groups is 1. The van der Waals surface area contributed by atoms with Gasteiger partial charge in [0.1, 0.15) is 11.9 Å². The summed E-state index contributed by atoms with van der Waals surface area (Å²) in [7, 11) is 0. The first-order valence-corrected chi connectivity index (χ1v) is 6.66. The molecule has 0 saturated carbocycles. The Kier molecular flexibility index (Phi) is 2.77. The van der Waals surface area contributed by atoms with Crippen molar-refractivity contribution in [2.75, 3.05) is 11.4 Å². The molecule has 100 valence electrons. The average Bonchev–Trinajstić information content (AvgIpc) is 2.61. The van der Waals surface area contributed by atoms with Crippen LogP contribution in [0, 0.1) is 12.8 Å². The van der Waals surface area contributed by atoms with Gasteiger partial charge in [0.15, 0.2) is 0 Å². The molecule has 0 aromatic carbocycles. The van der Waals surface area contributed by atoms with E-state index < -0.39 is 0 Å². The van der Waals surface area contributed by atoms with Crippen LogP contribution in [0.5, 0.6) is 0 Å². The van der Waals surface area contributed by atoms with Crippen molar-refractivity contribution in [2.45, 2.75) is 32.7 Å². The minimum atomic E-state index is -0.293. The first-order valence-electron chi connectivity index (χ1n) is 6.66. The van der Waals surface area contributed by atoms with E-state index in [0.29, 0.717) is 18.3 Å². The molecule has 1 aromatic rings. The Hall–Kier alpha value is -1.91. The van der Waals surface area contributed by atoms with Crippen LogP contribution in [0.2, 0.25) is 0 Å². The van der Waals surface area contributed by atoms with Crippen LogP contribution in [0.15, 0.2) is 18.2 Å². The molecule has 3 heterocycles. The lowest BCUT2D eigenvalue weighted by Gasteiger charge is -2.30. The lowest BCUT2D eigenvalue weighted by Crippen LogP contribution is -2.41. The SMILES string of the molecule is Cc1cccc(N2C(=O)C3CC(C)CCN3C2=O)n1. The quantitative estimate of drug-likeness (QED) is 0.724. The number of carbonyl (C=O) groups is 2. The van der Waals surface area contributed by atoms with Crippen LogP contribution >= 0.6 is 0 Å². The molecule has 2 unspecified atom stereocenters. The third kappa shape index (κ3) is 1.89. The highest BCUT2D eigenvalue weighted by Crippen LogP contribution is 2.32. The minimum Gasteiger partial charge on any atom is -0.312 e. The molecule has 0 spiro atoms. The normalized spacial score (nSPS) is 26.8. The van der Waals surface area contributed by atoms with Gasteiger partial charge in [-0.3, -0.25) is 4.79 Å². The van der Waals surface area contributed by atoms with Gasteiger partial charge >= 0.3 is 6.03 Å². The molecule has 2 saturated heterocycles. The Labute approximate surface area is 112 Å². The van der Waals surface area contributed by atoms with E-state index in [4.69, 9.17) is 0 Å². The van der Waals surface area contributed by atoms with Crippen molar-refractivity contribution in [1.82, 2.24) is 9.88 Å². The summed E-state index contributed by atoms with van der Waals surface area (Å²) in [4.78, 5) is 32.0. The number of rotatable bonds is 1. The number of aromatic nitrogens is 1. The molecular weight excluding hydrogens is 242 g/mol. The van der Waals surface area contributed by atoms with Crippen molar-refractivity contribution in [1.29, 1.82) is 0 Å². The molecule has 2 fully saturated rings. The Morgan fingerprint density at radius 2 is 2.11 bits per heavy atom. The molecular formula is C14H17N3O2. The number of amides is 3. The summed E-state index contributed by atoms with van der Waals surface area (Å²) in [5, 5.41) is 0. The van der Waals surface area contributed by atoms with Gasteiger partial charge in [-0.1, -0.05) is 13.0 Å². The Morgan fingerprint density at radius 1 is 1.32 bits per heavy atom. The van der Waals surface area contributed by atoms with Crippen LogP contribution < -0.4 is 4.90 Å². The van der Waals surface area contributed by atoms with Gasteiger partial charge in [-0.2, -0.15) is 0 Å². The van der Waals surface area contributed by atoms with Gasteiger partial charge in [-0.15, -0.1) is 0 Å². The van der Waals surface area contributed by atoms with E-state index >= 15 is 0 Å². The van der Waals surface area contributed by atoms with Crippen LogP contribution in [0.25, 0.3) is 0 Å². The van der Waals surface area contributed by atoms with Gasteiger partial charge in [0.05, 0.1) is 0 Å². The molecule has 0 bridgehead atoms. The molecule has 2 atom stereocenters. The average molecular weight is 259 g/mol. The van der Waals surface area contributed by atoms with Gasteiger partial charge < -0.3 is 4.90 Å². The number of nitrogens with zero attached hydrogens (tertiary/aromatic N) is 3. The molecule has 2 aliphatic rings. The predicted octanol–water partition coefficient (Wildman–Crippen LogP) is 1.96. The lowest BCUT2D eigenvalue weighted by atomic mass is 9.93. The Morgan fingerprint density at radius 3 is 2.84 bits per heavy atom. The highest BCUT2D eigenvalue weighted by Gasteiger charge is 2.48. The molecule has 19 heavy (non-hydrogen) atoms. The summed E-state index contributed by atoms with van der Waals surface area (Å²) in [5.74, 6) is 0.801. The van der Waals surface area contributed by atoms with Crippen LogP contribution in [0.3, 0.4) is 0 Å². The zero-order valence-corrected chi connectivity index (χ0v) is 11.2. The second-order valence-electron chi connectivity index (χ2n) is 5.43. The molecule has 1 aromatic heterocycles. The van der Waals surface area contributed by atoms with Gasteiger partial charge in [0, 0.05) is 12.2 Å². The van der Waals surface area contributed by atoms with Crippen molar-refractivity contribution in [2.24, 2.45) is 5.92 Å². The second kappa shape index (κ2) is 4.33. The zero-order chi connectivity index (χ0) is 13.6. The summed E-state index contributed by atoms with van der Waals surface area (Å²) in [5.41, 5.74) is 0.802.